The molecule has 0 aliphatic heterocycles. The van der Waals surface area contributed by atoms with Crippen molar-refractivity contribution in [2.45, 2.75) is 32.7 Å². The molecule has 1 aliphatic carbocycles. The first-order valence-corrected chi connectivity index (χ1v) is 6.40. The van der Waals surface area contributed by atoms with E-state index in [9.17, 15) is 9.59 Å². The summed E-state index contributed by atoms with van der Waals surface area (Å²) in [6, 6.07) is 1.97. The van der Waals surface area contributed by atoms with Gasteiger partial charge in [0.1, 0.15) is 6.54 Å². The van der Waals surface area contributed by atoms with Gasteiger partial charge in [-0.15, -0.1) is 11.3 Å². The molecule has 0 unspecified atom stereocenters. The van der Waals surface area contributed by atoms with Crippen molar-refractivity contribution in [1.29, 1.82) is 0 Å². The first-order chi connectivity index (χ1) is 7.99. The largest absolute Gasteiger partial charge is 0.480 e. The molecule has 1 N–H and O–H groups in total. The fourth-order valence-corrected chi connectivity index (χ4v) is 2.81. The van der Waals surface area contributed by atoms with Gasteiger partial charge in [0.2, 0.25) is 0 Å². The number of carboxylic acid groups (broad SMARTS) is 1. The van der Waals surface area contributed by atoms with Gasteiger partial charge < -0.3 is 10.0 Å². The van der Waals surface area contributed by atoms with E-state index in [0.717, 1.165) is 22.6 Å². The lowest BCUT2D eigenvalue weighted by molar-refractivity contribution is -0.137. The van der Waals surface area contributed by atoms with Crippen LogP contribution in [0.3, 0.4) is 0 Å². The Morgan fingerprint density at radius 2 is 2.12 bits per heavy atom. The minimum Gasteiger partial charge on any atom is -0.480 e. The highest BCUT2D eigenvalue weighted by Crippen LogP contribution is 2.30. The van der Waals surface area contributed by atoms with Crippen LogP contribution < -0.4 is 0 Å². The minimum atomic E-state index is -0.949. The smallest absolute Gasteiger partial charge is 0.323 e. The molecule has 1 aromatic rings. The number of thiophene rings is 1. The molecule has 4 nitrogen and oxygen atoms in total. The Kier molecular flexibility index (Phi) is 3.19. The normalized spacial score (nSPS) is 14.7. The Bertz CT molecular complexity index is 462. The molecule has 92 valence electrons. The summed E-state index contributed by atoms with van der Waals surface area (Å²) in [6.07, 6.45) is 1.84. The van der Waals surface area contributed by atoms with Gasteiger partial charge in [-0.3, -0.25) is 9.59 Å². The van der Waals surface area contributed by atoms with Crippen molar-refractivity contribution in [1.82, 2.24) is 4.90 Å². The number of aliphatic carboxylic acids is 1. The van der Waals surface area contributed by atoms with Crippen molar-refractivity contribution in [2.75, 3.05) is 6.54 Å². The Hall–Kier alpha value is -1.36. The monoisotopic (exact) mass is 253 g/mol. The van der Waals surface area contributed by atoms with E-state index >= 15 is 0 Å². The number of hydrogen-bond acceptors (Lipinski definition) is 3. The van der Waals surface area contributed by atoms with Crippen molar-refractivity contribution in [2.24, 2.45) is 0 Å². The van der Waals surface area contributed by atoms with E-state index in [4.69, 9.17) is 5.11 Å². The van der Waals surface area contributed by atoms with Gasteiger partial charge in [0.25, 0.3) is 5.91 Å². The summed E-state index contributed by atoms with van der Waals surface area (Å²) < 4.78 is 0. The zero-order valence-electron chi connectivity index (χ0n) is 9.90. The number of aryl methyl sites for hydroxylation is 2. The zero-order chi connectivity index (χ0) is 12.6. The van der Waals surface area contributed by atoms with E-state index < -0.39 is 5.97 Å². The van der Waals surface area contributed by atoms with Crippen LogP contribution in [0.5, 0.6) is 0 Å². The first-order valence-electron chi connectivity index (χ1n) is 5.59. The second kappa shape index (κ2) is 4.49. The third-order valence-electron chi connectivity index (χ3n) is 2.83. The van der Waals surface area contributed by atoms with E-state index in [0.29, 0.717) is 5.56 Å². The number of carbonyl (C=O) groups excluding carboxylic acids is 1. The lowest BCUT2D eigenvalue weighted by Crippen LogP contribution is -2.37. The van der Waals surface area contributed by atoms with E-state index in [1.54, 1.807) is 11.3 Å². The lowest BCUT2D eigenvalue weighted by atomic mass is 10.2. The van der Waals surface area contributed by atoms with Gasteiger partial charge in [-0.1, -0.05) is 0 Å². The zero-order valence-corrected chi connectivity index (χ0v) is 10.7. The number of carboxylic acids is 1. The van der Waals surface area contributed by atoms with Gasteiger partial charge >= 0.3 is 5.97 Å². The molecule has 2 rings (SSSR count). The van der Waals surface area contributed by atoms with E-state index in [2.05, 4.69) is 0 Å². The van der Waals surface area contributed by atoms with Crippen LogP contribution >= 0.6 is 11.3 Å². The molecule has 1 saturated carbocycles. The van der Waals surface area contributed by atoms with Crippen LogP contribution in [0.2, 0.25) is 0 Å². The van der Waals surface area contributed by atoms with Crippen LogP contribution in [0.25, 0.3) is 0 Å². The van der Waals surface area contributed by atoms with Gasteiger partial charge in [0.15, 0.2) is 0 Å². The number of amides is 1. The number of rotatable bonds is 4. The van der Waals surface area contributed by atoms with Gasteiger partial charge in [-0.25, -0.2) is 0 Å². The van der Waals surface area contributed by atoms with Crippen LogP contribution in [0.4, 0.5) is 0 Å². The summed E-state index contributed by atoms with van der Waals surface area (Å²) in [6.45, 7) is 3.65. The van der Waals surface area contributed by atoms with Gasteiger partial charge in [-0.05, 0) is 32.8 Å². The topological polar surface area (TPSA) is 57.6 Å². The van der Waals surface area contributed by atoms with Crippen LogP contribution in [0, 0.1) is 13.8 Å². The first kappa shape index (κ1) is 12.1. The van der Waals surface area contributed by atoms with Gasteiger partial charge in [0, 0.05) is 15.8 Å². The predicted molar refractivity (Wildman–Crippen MR) is 65.5 cm³/mol. The highest BCUT2D eigenvalue weighted by atomic mass is 32.1. The summed E-state index contributed by atoms with van der Waals surface area (Å²) >= 11 is 1.57. The maximum Gasteiger partial charge on any atom is 0.323 e. The molecule has 1 aliphatic rings. The average Bonchev–Trinajstić information content (AvgIpc) is 3.00. The highest BCUT2D eigenvalue weighted by Gasteiger charge is 2.35. The molecule has 1 fully saturated rings. The summed E-state index contributed by atoms with van der Waals surface area (Å²) in [7, 11) is 0. The molecule has 0 bridgehead atoms. The quantitative estimate of drug-likeness (QED) is 0.893. The molecule has 1 aromatic heterocycles. The molecule has 17 heavy (non-hydrogen) atoms. The second-order valence-corrected chi connectivity index (χ2v) is 5.85. The molecule has 0 radical (unpaired) electrons. The third-order valence-corrected chi connectivity index (χ3v) is 3.79. The second-order valence-electron chi connectivity index (χ2n) is 4.38. The summed E-state index contributed by atoms with van der Waals surface area (Å²) in [5.41, 5.74) is 0.653. The fraction of sp³-hybridized carbons (Fsp3) is 0.500. The summed E-state index contributed by atoms with van der Waals surface area (Å²) in [5.74, 6) is -1.09. The molecule has 1 amide bonds. The Morgan fingerprint density at radius 1 is 1.47 bits per heavy atom. The maximum absolute atomic E-state index is 12.3. The van der Waals surface area contributed by atoms with Crippen molar-refractivity contribution in [3.63, 3.8) is 0 Å². The molecule has 0 spiro atoms. The Balaban J connectivity index is 2.21. The Morgan fingerprint density at radius 3 is 2.53 bits per heavy atom. The minimum absolute atomic E-state index is 0.123. The van der Waals surface area contributed by atoms with Crippen molar-refractivity contribution < 1.29 is 14.7 Å². The lowest BCUT2D eigenvalue weighted by Gasteiger charge is -2.19. The van der Waals surface area contributed by atoms with Crippen LogP contribution in [0.15, 0.2) is 6.07 Å². The molecule has 0 saturated heterocycles. The average molecular weight is 253 g/mol. The molecular weight excluding hydrogens is 238 g/mol. The number of nitrogens with zero attached hydrogens (tertiary/aromatic N) is 1. The fourth-order valence-electron chi connectivity index (χ4n) is 1.90. The van der Waals surface area contributed by atoms with Crippen LogP contribution in [-0.2, 0) is 4.79 Å². The van der Waals surface area contributed by atoms with Gasteiger partial charge in [0.05, 0.1) is 5.56 Å². The maximum atomic E-state index is 12.3. The molecule has 0 atom stereocenters. The SMILES string of the molecule is Cc1cc(C(=O)N(CC(=O)O)C2CC2)c(C)s1. The molecular formula is C12H15NO3S. The third kappa shape index (κ3) is 2.66. The van der Waals surface area contributed by atoms with Crippen molar-refractivity contribution in [3.05, 3.63) is 21.4 Å². The predicted octanol–water partition coefficient (Wildman–Crippen LogP) is 2.05. The standard InChI is InChI=1S/C12H15NO3S/c1-7-5-10(8(2)17-7)12(16)13(6-11(14)15)9-3-4-9/h5,9H,3-4,6H2,1-2H3,(H,14,15). The summed E-state index contributed by atoms with van der Waals surface area (Å²) in [5, 5.41) is 8.84. The van der Waals surface area contributed by atoms with Crippen molar-refractivity contribution in [3.8, 4) is 0 Å². The number of carbonyl (C=O) groups is 2. The van der Waals surface area contributed by atoms with Crippen molar-refractivity contribution >= 4 is 23.2 Å². The molecule has 1 heterocycles. The van der Waals surface area contributed by atoms with Crippen LogP contribution in [0.1, 0.15) is 33.0 Å². The van der Waals surface area contributed by atoms with Crippen LogP contribution in [-0.4, -0.2) is 34.5 Å². The Labute approximate surface area is 104 Å². The van der Waals surface area contributed by atoms with E-state index in [1.165, 1.54) is 4.90 Å². The molecule has 0 aromatic carbocycles. The summed E-state index contributed by atoms with van der Waals surface area (Å²) in [4.78, 5) is 26.6. The molecule has 5 heteroatoms. The van der Waals surface area contributed by atoms with Gasteiger partial charge in [-0.2, -0.15) is 0 Å². The highest BCUT2D eigenvalue weighted by molar-refractivity contribution is 7.12. The van der Waals surface area contributed by atoms with E-state index in [-0.39, 0.29) is 18.5 Å². The van der Waals surface area contributed by atoms with E-state index in [1.807, 2.05) is 19.9 Å². The number of hydrogen-bond donors (Lipinski definition) is 1.